The van der Waals surface area contributed by atoms with Gasteiger partial charge in [0, 0.05) is 42.8 Å². The van der Waals surface area contributed by atoms with Crippen LogP contribution in [-0.4, -0.2) is 5.97 Å². The summed E-state index contributed by atoms with van der Waals surface area (Å²) in [5.74, 6) is 0.149. The molecular formula is C9H6I2O2. The summed E-state index contributed by atoms with van der Waals surface area (Å²) in [5.41, 5.74) is 1.41. The number of hydrogen-bond donors (Lipinski definition) is 0. The summed E-state index contributed by atoms with van der Waals surface area (Å²) in [6.45, 7) is 3.60. The third-order valence-electron chi connectivity index (χ3n) is 1.66. The Bertz CT molecular complexity index is 314. The molecule has 0 aromatic heterocycles. The van der Waals surface area contributed by atoms with E-state index in [4.69, 9.17) is 4.74 Å². The van der Waals surface area contributed by atoms with Crippen molar-refractivity contribution in [1.82, 2.24) is 0 Å². The number of rotatable bonds is 0. The topological polar surface area (TPSA) is 26.3 Å². The molecule has 68 valence electrons. The molecule has 0 saturated heterocycles. The number of benzene rings is 1. The Hall–Kier alpha value is -0.110. The van der Waals surface area contributed by atoms with Gasteiger partial charge in [-0.2, -0.15) is 0 Å². The number of fused-ring (bicyclic) bond motifs is 1. The Morgan fingerprint density at radius 3 is 2.23 bits per heavy atom. The van der Waals surface area contributed by atoms with E-state index in [2.05, 4.69) is 43.8 Å². The van der Waals surface area contributed by atoms with Crippen molar-refractivity contribution in [2.45, 2.75) is 0 Å². The second kappa shape index (κ2) is 4.94. The van der Waals surface area contributed by atoms with Crippen LogP contribution in [-0.2, 0) is 4.74 Å². The van der Waals surface area contributed by atoms with Gasteiger partial charge in [-0.25, -0.2) is 4.79 Å². The average molecular weight is 400 g/mol. The second-order valence-corrected chi connectivity index (χ2v) is 2.36. The molecule has 0 radical (unpaired) electrons. The Labute approximate surface area is 99.7 Å². The van der Waals surface area contributed by atoms with Crippen LogP contribution in [0, 0.1) is 0 Å². The van der Waals surface area contributed by atoms with Crippen molar-refractivity contribution in [3.8, 4) is 0 Å². The molecule has 13 heavy (non-hydrogen) atoms. The molecule has 0 fully saturated rings. The van der Waals surface area contributed by atoms with Crippen LogP contribution in [0.1, 0.15) is 15.9 Å². The van der Waals surface area contributed by atoms with E-state index in [1.807, 2.05) is 12.1 Å². The van der Waals surface area contributed by atoms with E-state index in [9.17, 15) is 4.79 Å². The number of ether oxygens (including phenoxy) is 1. The van der Waals surface area contributed by atoms with Crippen LogP contribution >= 0.6 is 37.2 Å². The maximum atomic E-state index is 11.0. The van der Waals surface area contributed by atoms with Gasteiger partial charge in [0.15, 0.2) is 0 Å². The molecule has 0 atom stereocenters. The fourth-order valence-corrected chi connectivity index (χ4v) is 1.13. The number of halogens is 2. The molecule has 0 spiro atoms. The standard InChI is InChI=1S/C9H6O2.I2/c1-6-7-4-2-3-5-8(7)9(10)11-6;1-2/h2-5H,1H2;. The van der Waals surface area contributed by atoms with Crippen molar-refractivity contribution < 1.29 is 9.53 Å². The average Bonchev–Trinajstić information content (AvgIpc) is 2.47. The number of cyclic esters (lactones) is 1. The number of hydrogen-bond acceptors (Lipinski definition) is 2. The van der Waals surface area contributed by atoms with Crippen molar-refractivity contribution in [1.29, 1.82) is 0 Å². The first-order valence-electron chi connectivity index (χ1n) is 3.44. The minimum Gasteiger partial charge on any atom is -0.423 e. The molecule has 0 saturated carbocycles. The second-order valence-electron chi connectivity index (χ2n) is 2.36. The predicted octanol–water partition coefficient (Wildman–Crippen LogP) is 3.60. The highest BCUT2D eigenvalue weighted by atomic mass is 128. The molecule has 0 N–H and O–H groups in total. The molecule has 0 amide bonds. The highest BCUT2D eigenvalue weighted by Crippen LogP contribution is 2.27. The molecular weight excluding hydrogens is 394 g/mol. The highest BCUT2D eigenvalue weighted by molar-refractivity contribution is 15.0. The van der Waals surface area contributed by atoms with E-state index >= 15 is 0 Å². The summed E-state index contributed by atoms with van der Waals surface area (Å²) in [5, 5.41) is 0. The summed E-state index contributed by atoms with van der Waals surface area (Å²) in [6, 6.07) is 7.21. The SMILES string of the molecule is C=C1OC(=O)c2ccccc21.II. The molecule has 0 bridgehead atoms. The lowest BCUT2D eigenvalue weighted by atomic mass is 10.1. The van der Waals surface area contributed by atoms with Crippen LogP contribution in [0.15, 0.2) is 30.8 Å². The van der Waals surface area contributed by atoms with Gasteiger partial charge in [-0.1, -0.05) is 24.8 Å². The minimum absolute atomic E-state index is 0.300. The van der Waals surface area contributed by atoms with Crippen LogP contribution in [0.4, 0.5) is 0 Å². The van der Waals surface area contributed by atoms with Gasteiger partial charge in [0.2, 0.25) is 0 Å². The lowest BCUT2D eigenvalue weighted by Gasteiger charge is -1.90. The maximum Gasteiger partial charge on any atom is 0.344 e. The molecule has 1 aromatic carbocycles. The van der Waals surface area contributed by atoms with Crippen molar-refractivity contribution >= 4 is 49.0 Å². The van der Waals surface area contributed by atoms with Crippen LogP contribution in [0.2, 0.25) is 0 Å². The van der Waals surface area contributed by atoms with Gasteiger partial charge in [0.1, 0.15) is 5.76 Å². The molecule has 1 aliphatic rings. The van der Waals surface area contributed by atoms with Crippen LogP contribution in [0.3, 0.4) is 0 Å². The third-order valence-corrected chi connectivity index (χ3v) is 1.66. The lowest BCUT2D eigenvalue weighted by Crippen LogP contribution is -1.91. The van der Waals surface area contributed by atoms with Crippen molar-refractivity contribution in [2.75, 3.05) is 0 Å². The minimum atomic E-state index is -0.300. The van der Waals surface area contributed by atoms with Gasteiger partial charge in [0.25, 0.3) is 0 Å². The van der Waals surface area contributed by atoms with E-state index in [1.54, 1.807) is 12.1 Å². The van der Waals surface area contributed by atoms with Gasteiger partial charge in [-0.3, -0.25) is 0 Å². The van der Waals surface area contributed by atoms with E-state index in [0.717, 1.165) is 5.56 Å². The fraction of sp³-hybridized carbons (Fsp3) is 0. The molecule has 1 aliphatic heterocycles. The quantitative estimate of drug-likeness (QED) is 0.492. The summed E-state index contributed by atoms with van der Waals surface area (Å²) < 4.78 is 4.80. The number of carbonyl (C=O) groups excluding carboxylic acids is 1. The summed E-state index contributed by atoms with van der Waals surface area (Å²) >= 11 is 4.24. The highest BCUT2D eigenvalue weighted by Gasteiger charge is 2.23. The monoisotopic (exact) mass is 400 g/mol. The van der Waals surface area contributed by atoms with Gasteiger partial charge in [0.05, 0.1) is 5.56 Å². The Kier molecular flexibility index (Phi) is 4.17. The summed E-state index contributed by atoms with van der Waals surface area (Å²) in [6.07, 6.45) is 0. The van der Waals surface area contributed by atoms with Gasteiger partial charge in [-0.15, -0.1) is 0 Å². The number of esters is 1. The molecule has 2 rings (SSSR count). The van der Waals surface area contributed by atoms with Crippen molar-refractivity contribution in [3.05, 3.63) is 42.0 Å². The van der Waals surface area contributed by atoms with Crippen LogP contribution < -0.4 is 0 Å². The molecule has 0 aliphatic carbocycles. The Morgan fingerprint density at radius 1 is 1.15 bits per heavy atom. The Balaban J connectivity index is 0.000000396. The molecule has 4 heteroatoms. The fourth-order valence-electron chi connectivity index (χ4n) is 1.13. The van der Waals surface area contributed by atoms with E-state index in [-0.39, 0.29) is 5.97 Å². The van der Waals surface area contributed by atoms with Crippen LogP contribution in [0.5, 0.6) is 0 Å². The zero-order chi connectivity index (χ0) is 9.84. The smallest absolute Gasteiger partial charge is 0.344 e. The normalized spacial score (nSPS) is 12.8. The van der Waals surface area contributed by atoms with E-state index in [0.29, 0.717) is 11.3 Å². The number of carbonyl (C=O) groups is 1. The summed E-state index contributed by atoms with van der Waals surface area (Å²) in [4.78, 5) is 11.0. The lowest BCUT2D eigenvalue weighted by molar-refractivity contribution is 0.0716. The van der Waals surface area contributed by atoms with Crippen molar-refractivity contribution in [2.24, 2.45) is 0 Å². The predicted molar refractivity (Wildman–Crippen MR) is 68.9 cm³/mol. The molecule has 1 heterocycles. The zero-order valence-corrected chi connectivity index (χ0v) is 10.9. The Morgan fingerprint density at radius 2 is 1.69 bits per heavy atom. The van der Waals surface area contributed by atoms with Crippen molar-refractivity contribution in [3.63, 3.8) is 0 Å². The van der Waals surface area contributed by atoms with Crippen LogP contribution in [0.25, 0.3) is 5.76 Å². The first kappa shape index (κ1) is 11.0. The van der Waals surface area contributed by atoms with E-state index in [1.165, 1.54) is 0 Å². The zero-order valence-electron chi connectivity index (χ0n) is 6.59. The summed E-state index contributed by atoms with van der Waals surface area (Å²) in [7, 11) is 0. The van der Waals surface area contributed by atoms with Gasteiger partial charge >= 0.3 is 5.97 Å². The third kappa shape index (κ3) is 2.22. The van der Waals surface area contributed by atoms with E-state index < -0.39 is 0 Å². The first-order chi connectivity index (χ1) is 6.29. The maximum absolute atomic E-state index is 11.0. The van der Waals surface area contributed by atoms with Gasteiger partial charge in [-0.05, 0) is 6.07 Å². The largest absolute Gasteiger partial charge is 0.423 e. The van der Waals surface area contributed by atoms with Gasteiger partial charge < -0.3 is 4.74 Å². The molecule has 2 nitrogen and oxygen atoms in total. The first-order valence-corrected chi connectivity index (χ1v) is 9.72. The molecule has 1 aromatic rings. The molecule has 0 unspecified atom stereocenters.